The summed E-state index contributed by atoms with van der Waals surface area (Å²) >= 11 is 0. The third kappa shape index (κ3) is 7.36. The smallest absolute Gasteiger partial charge is 0.307 e. The molecule has 0 aliphatic carbocycles. The Labute approximate surface area is 96.8 Å². The van der Waals surface area contributed by atoms with E-state index in [4.69, 9.17) is 9.84 Å². The number of ether oxygens (including phenoxy) is 1. The standard InChI is InChI=1S/C9H17NO5S/c1-7(9(12)13)5-16(14)6-8(11)10-3-4-15-2/h7H,3-6H2,1-2H3,(H,10,11)(H,12,13). The summed E-state index contributed by atoms with van der Waals surface area (Å²) in [5.41, 5.74) is 0. The van der Waals surface area contributed by atoms with Crippen LogP contribution in [0, 0.1) is 5.92 Å². The van der Waals surface area contributed by atoms with Crippen LogP contribution >= 0.6 is 0 Å². The molecular formula is C9H17NO5S. The molecule has 0 aromatic rings. The summed E-state index contributed by atoms with van der Waals surface area (Å²) in [6.07, 6.45) is 0. The highest BCUT2D eigenvalue weighted by Gasteiger charge is 2.16. The minimum absolute atomic E-state index is 0.00691. The molecule has 0 aromatic heterocycles. The number of aliphatic carboxylic acids is 1. The minimum Gasteiger partial charge on any atom is -0.481 e. The maximum atomic E-state index is 11.4. The quantitative estimate of drug-likeness (QED) is 0.552. The number of rotatable bonds is 8. The Morgan fingerprint density at radius 2 is 2.12 bits per heavy atom. The second-order valence-electron chi connectivity index (χ2n) is 3.33. The Morgan fingerprint density at radius 3 is 2.62 bits per heavy atom. The first-order chi connectivity index (χ1) is 7.47. The van der Waals surface area contributed by atoms with Gasteiger partial charge in [0.2, 0.25) is 5.91 Å². The van der Waals surface area contributed by atoms with E-state index in [1.54, 1.807) is 0 Å². The minimum atomic E-state index is -1.44. The monoisotopic (exact) mass is 251 g/mol. The number of carbonyl (C=O) groups excluding carboxylic acids is 1. The molecule has 0 aliphatic heterocycles. The van der Waals surface area contributed by atoms with E-state index < -0.39 is 22.7 Å². The van der Waals surface area contributed by atoms with Gasteiger partial charge in [0.1, 0.15) is 5.75 Å². The van der Waals surface area contributed by atoms with E-state index in [1.165, 1.54) is 14.0 Å². The van der Waals surface area contributed by atoms with Crippen molar-refractivity contribution in [2.24, 2.45) is 5.92 Å². The third-order valence-corrected chi connectivity index (χ3v) is 3.23. The highest BCUT2D eigenvalue weighted by Crippen LogP contribution is 1.98. The number of carbonyl (C=O) groups is 2. The number of methoxy groups -OCH3 is 1. The lowest BCUT2D eigenvalue weighted by Crippen LogP contribution is -2.32. The number of amides is 1. The van der Waals surface area contributed by atoms with Crippen LogP contribution in [0.3, 0.4) is 0 Å². The molecule has 0 aliphatic rings. The SMILES string of the molecule is COCCNC(=O)CS(=O)CC(C)C(=O)O. The van der Waals surface area contributed by atoms with Crippen molar-refractivity contribution in [2.45, 2.75) is 6.92 Å². The van der Waals surface area contributed by atoms with E-state index in [-0.39, 0.29) is 17.4 Å². The lowest BCUT2D eigenvalue weighted by molar-refractivity contribution is -0.140. The molecule has 2 atom stereocenters. The fraction of sp³-hybridized carbons (Fsp3) is 0.778. The summed E-state index contributed by atoms with van der Waals surface area (Å²) < 4.78 is 16.1. The van der Waals surface area contributed by atoms with E-state index in [0.29, 0.717) is 13.2 Å². The van der Waals surface area contributed by atoms with E-state index in [0.717, 1.165) is 0 Å². The number of hydrogen-bond donors (Lipinski definition) is 2. The summed E-state index contributed by atoms with van der Waals surface area (Å²) in [5, 5.41) is 11.1. The highest BCUT2D eigenvalue weighted by atomic mass is 32.2. The lowest BCUT2D eigenvalue weighted by atomic mass is 10.2. The van der Waals surface area contributed by atoms with Crippen molar-refractivity contribution < 1.29 is 23.6 Å². The van der Waals surface area contributed by atoms with Crippen LogP contribution in [0.25, 0.3) is 0 Å². The first-order valence-electron chi connectivity index (χ1n) is 4.80. The summed E-state index contributed by atoms with van der Waals surface area (Å²) in [6, 6.07) is 0. The topological polar surface area (TPSA) is 92.7 Å². The molecular weight excluding hydrogens is 234 g/mol. The van der Waals surface area contributed by atoms with Crippen molar-refractivity contribution in [3.05, 3.63) is 0 Å². The summed E-state index contributed by atoms with van der Waals surface area (Å²) in [4.78, 5) is 21.7. The zero-order valence-electron chi connectivity index (χ0n) is 9.39. The normalized spacial score (nSPS) is 14.1. The zero-order valence-corrected chi connectivity index (χ0v) is 10.2. The molecule has 0 saturated carbocycles. The van der Waals surface area contributed by atoms with Gasteiger partial charge in [0, 0.05) is 30.2 Å². The van der Waals surface area contributed by atoms with Crippen LogP contribution < -0.4 is 5.32 Å². The average Bonchev–Trinajstić information content (AvgIpc) is 2.17. The van der Waals surface area contributed by atoms with E-state index >= 15 is 0 Å². The average molecular weight is 251 g/mol. The van der Waals surface area contributed by atoms with Gasteiger partial charge in [-0.3, -0.25) is 13.8 Å². The van der Waals surface area contributed by atoms with Gasteiger partial charge in [-0.1, -0.05) is 6.92 Å². The second kappa shape index (κ2) is 8.23. The first-order valence-corrected chi connectivity index (χ1v) is 6.29. The maximum absolute atomic E-state index is 11.4. The lowest BCUT2D eigenvalue weighted by Gasteiger charge is -2.06. The fourth-order valence-electron chi connectivity index (χ4n) is 0.899. The van der Waals surface area contributed by atoms with Gasteiger partial charge in [0.05, 0.1) is 12.5 Å². The number of nitrogens with one attached hydrogen (secondary N) is 1. The first kappa shape index (κ1) is 15.0. The van der Waals surface area contributed by atoms with Crippen LogP contribution in [0.5, 0.6) is 0 Å². The van der Waals surface area contributed by atoms with Gasteiger partial charge in [-0.2, -0.15) is 0 Å². The molecule has 0 aromatic carbocycles. The second-order valence-corrected chi connectivity index (χ2v) is 4.83. The van der Waals surface area contributed by atoms with Gasteiger partial charge in [0.25, 0.3) is 0 Å². The van der Waals surface area contributed by atoms with Crippen molar-refractivity contribution in [1.29, 1.82) is 0 Å². The van der Waals surface area contributed by atoms with Gasteiger partial charge in [0.15, 0.2) is 0 Å². The van der Waals surface area contributed by atoms with Crippen LogP contribution in [0.2, 0.25) is 0 Å². The Morgan fingerprint density at radius 1 is 1.50 bits per heavy atom. The van der Waals surface area contributed by atoms with Gasteiger partial charge in [-0.25, -0.2) is 0 Å². The Balaban J connectivity index is 3.78. The van der Waals surface area contributed by atoms with Crippen LogP contribution in [0.1, 0.15) is 6.92 Å². The molecule has 2 N–H and O–H groups in total. The Bertz CT molecular complexity index is 269. The summed E-state index contributed by atoms with van der Waals surface area (Å²) in [6.45, 7) is 2.22. The molecule has 2 unspecified atom stereocenters. The van der Waals surface area contributed by atoms with Crippen molar-refractivity contribution in [3.63, 3.8) is 0 Å². The predicted octanol–water partition coefficient (Wildman–Crippen LogP) is -0.782. The predicted molar refractivity (Wildman–Crippen MR) is 59.6 cm³/mol. The maximum Gasteiger partial charge on any atom is 0.307 e. The van der Waals surface area contributed by atoms with Gasteiger partial charge >= 0.3 is 5.97 Å². The number of carboxylic acid groups (broad SMARTS) is 1. The number of carboxylic acids is 1. The van der Waals surface area contributed by atoms with Crippen LogP contribution in [0.4, 0.5) is 0 Å². The molecule has 0 rings (SSSR count). The van der Waals surface area contributed by atoms with Gasteiger partial charge in [-0.05, 0) is 0 Å². The summed E-state index contributed by atoms with van der Waals surface area (Å²) in [5.74, 6) is -2.23. The molecule has 1 amide bonds. The van der Waals surface area contributed by atoms with Crippen LogP contribution in [0.15, 0.2) is 0 Å². The molecule has 0 spiro atoms. The Kier molecular flexibility index (Phi) is 7.74. The molecule has 94 valence electrons. The van der Waals surface area contributed by atoms with E-state index in [2.05, 4.69) is 5.32 Å². The van der Waals surface area contributed by atoms with Crippen LogP contribution in [-0.2, 0) is 25.1 Å². The fourth-order valence-corrected chi connectivity index (χ4v) is 2.11. The molecule has 6 nitrogen and oxygen atoms in total. The third-order valence-electron chi connectivity index (χ3n) is 1.78. The molecule has 0 saturated heterocycles. The molecule has 0 fully saturated rings. The number of hydrogen-bond acceptors (Lipinski definition) is 4. The van der Waals surface area contributed by atoms with Crippen molar-refractivity contribution in [1.82, 2.24) is 5.32 Å². The molecule has 0 radical (unpaired) electrons. The highest BCUT2D eigenvalue weighted by molar-refractivity contribution is 7.85. The van der Waals surface area contributed by atoms with E-state index in [1.807, 2.05) is 0 Å². The molecule has 16 heavy (non-hydrogen) atoms. The molecule has 0 bridgehead atoms. The van der Waals surface area contributed by atoms with Crippen LogP contribution in [-0.4, -0.2) is 53.0 Å². The van der Waals surface area contributed by atoms with Crippen molar-refractivity contribution in [3.8, 4) is 0 Å². The van der Waals surface area contributed by atoms with Crippen molar-refractivity contribution in [2.75, 3.05) is 31.8 Å². The molecule has 0 heterocycles. The Hall–Kier alpha value is -0.950. The largest absolute Gasteiger partial charge is 0.481 e. The van der Waals surface area contributed by atoms with E-state index in [9.17, 15) is 13.8 Å². The summed E-state index contributed by atoms with van der Waals surface area (Å²) in [7, 11) is 0.0729. The molecule has 7 heteroatoms. The van der Waals surface area contributed by atoms with Gasteiger partial charge in [-0.15, -0.1) is 0 Å². The zero-order chi connectivity index (χ0) is 12.6. The van der Waals surface area contributed by atoms with Crippen molar-refractivity contribution >= 4 is 22.7 Å². The van der Waals surface area contributed by atoms with Gasteiger partial charge < -0.3 is 15.2 Å².